The SMILES string of the molecule is O=S(=O)(Cl)c1ccc(O)c(I)n1. The van der Waals surface area contributed by atoms with Gasteiger partial charge in [-0.2, -0.15) is 0 Å². The van der Waals surface area contributed by atoms with Crippen molar-refractivity contribution >= 4 is 42.3 Å². The normalized spacial score (nSPS) is 11.5. The molecular formula is C5H3ClINO3S. The summed E-state index contributed by atoms with van der Waals surface area (Å²) in [7, 11) is 1.21. The van der Waals surface area contributed by atoms with Crippen LogP contribution in [0.15, 0.2) is 17.2 Å². The van der Waals surface area contributed by atoms with Crippen molar-refractivity contribution in [3.63, 3.8) is 0 Å². The van der Waals surface area contributed by atoms with E-state index < -0.39 is 9.05 Å². The average molecular weight is 320 g/mol. The molecule has 7 heteroatoms. The maximum absolute atomic E-state index is 10.7. The first-order chi connectivity index (χ1) is 5.41. The van der Waals surface area contributed by atoms with Crippen LogP contribution in [0.25, 0.3) is 0 Å². The zero-order chi connectivity index (χ0) is 9.35. The zero-order valence-corrected chi connectivity index (χ0v) is 9.26. The molecule has 1 heterocycles. The molecular weight excluding hydrogens is 316 g/mol. The maximum atomic E-state index is 10.7. The van der Waals surface area contributed by atoms with Gasteiger partial charge in [0.15, 0.2) is 5.03 Å². The fraction of sp³-hybridized carbons (Fsp3) is 0. The number of hydrogen-bond donors (Lipinski definition) is 1. The van der Waals surface area contributed by atoms with Crippen molar-refractivity contribution < 1.29 is 13.5 Å². The second-order valence-electron chi connectivity index (χ2n) is 1.90. The molecule has 0 saturated heterocycles. The lowest BCUT2D eigenvalue weighted by Gasteiger charge is -1.97. The van der Waals surface area contributed by atoms with E-state index in [9.17, 15) is 8.42 Å². The van der Waals surface area contributed by atoms with Crippen LogP contribution in [0, 0.1) is 3.70 Å². The van der Waals surface area contributed by atoms with Crippen molar-refractivity contribution in [2.45, 2.75) is 5.03 Å². The number of pyridine rings is 1. The molecule has 0 fully saturated rings. The first-order valence-corrected chi connectivity index (χ1v) is 6.10. The minimum Gasteiger partial charge on any atom is -0.505 e. The first kappa shape index (κ1) is 10.0. The van der Waals surface area contributed by atoms with E-state index >= 15 is 0 Å². The first-order valence-electron chi connectivity index (χ1n) is 2.71. The summed E-state index contributed by atoms with van der Waals surface area (Å²) in [5.74, 6) is -0.0698. The summed E-state index contributed by atoms with van der Waals surface area (Å²) < 4.78 is 21.6. The van der Waals surface area contributed by atoms with Crippen molar-refractivity contribution in [1.82, 2.24) is 4.98 Å². The Balaban J connectivity index is 3.33. The molecule has 0 saturated carbocycles. The van der Waals surface area contributed by atoms with Gasteiger partial charge in [-0.25, -0.2) is 13.4 Å². The third-order valence-corrected chi connectivity index (χ3v) is 3.05. The van der Waals surface area contributed by atoms with Crippen LogP contribution in [0.2, 0.25) is 0 Å². The summed E-state index contributed by atoms with van der Waals surface area (Å²) in [5.41, 5.74) is 0. The van der Waals surface area contributed by atoms with Crippen molar-refractivity contribution in [2.75, 3.05) is 0 Å². The molecule has 12 heavy (non-hydrogen) atoms. The molecule has 1 aromatic rings. The Morgan fingerprint density at radius 3 is 2.50 bits per heavy atom. The number of aromatic hydroxyl groups is 1. The van der Waals surface area contributed by atoms with Crippen LogP contribution in [0.5, 0.6) is 5.75 Å². The molecule has 0 aliphatic rings. The van der Waals surface area contributed by atoms with Crippen LogP contribution in [0.4, 0.5) is 0 Å². The molecule has 0 bridgehead atoms. The lowest BCUT2D eigenvalue weighted by Crippen LogP contribution is -1.95. The van der Waals surface area contributed by atoms with E-state index in [1.54, 1.807) is 22.6 Å². The maximum Gasteiger partial charge on any atom is 0.278 e. The predicted octanol–water partition coefficient (Wildman–Crippen LogP) is 1.32. The molecule has 0 amide bonds. The summed E-state index contributed by atoms with van der Waals surface area (Å²) in [6, 6.07) is 2.36. The Bertz CT molecular complexity index is 405. The van der Waals surface area contributed by atoms with Gasteiger partial charge in [-0.3, -0.25) is 0 Å². The molecule has 1 rings (SSSR count). The van der Waals surface area contributed by atoms with E-state index in [0.29, 0.717) is 0 Å². The lowest BCUT2D eigenvalue weighted by molar-refractivity contribution is 0.466. The van der Waals surface area contributed by atoms with Crippen LogP contribution in [0.3, 0.4) is 0 Å². The smallest absolute Gasteiger partial charge is 0.278 e. The molecule has 0 radical (unpaired) electrons. The zero-order valence-electron chi connectivity index (χ0n) is 5.53. The van der Waals surface area contributed by atoms with E-state index in [0.717, 1.165) is 6.07 Å². The number of nitrogens with zero attached hydrogens (tertiary/aromatic N) is 1. The predicted molar refractivity (Wildman–Crippen MR) is 51.7 cm³/mol. The van der Waals surface area contributed by atoms with E-state index in [4.69, 9.17) is 15.8 Å². The highest BCUT2D eigenvalue weighted by atomic mass is 127. The summed E-state index contributed by atoms with van der Waals surface area (Å²) in [6.07, 6.45) is 0. The quantitative estimate of drug-likeness (QED) is 0.481. The molecule has 1 N–H and O–H groups in total. The minimum atomic E-state index is -3.80. The van der Waals surface area contributed by atoms with Crippen molar-refractivity contribution in [1.29, 1.82) is 0 Å². The molecule has 4 nitrogen and oxygen atoms in total. The highest BCUT2D eigenvalue weighted by Gasteiger charge is 2.13. The molecule has 66 valence electrons. The summed E-state index contributed by atoms with van der Waals surface area (Å²) in [4.78, 5) is 3.56. The largest absolute Gasteiger partial charge is 0.505 e. The fourth-order valence-corrected chi connectivity index (χ4v) is 1.84. The summed E-state index contributed by atoms with van der Waals surface area (Å²) >= 11 is 1.71. The lowest BCUT2D eigenvalue weighted by atomic mass is 10.5. The molecule has 0 aliphatic carbocycles. The number of aromatic nitrogens is 1. The van der Waals surface area contributed by atoms with Gasteiger partial charge < -0.3 is 5.11 Å². The van der Waals surface area contributed by atoms with Crippen LogP contribution < -0.4 is 0 Å². The monoisotopic (exact) mass is 319 g/mol. The molecule has 0 aromatic carbocycles. The van der Waals surface area contributed by atoms with Gasteiger partial charge in [0, 0.05) is 10.7 Å². The Morgan fingerprint density at radius 2 is 2.08 bits per heavy atom. The third kappa shape index (κ3) is 2.20. The Morgan fingerprint density at radius 1 is 1.50 bits per heavy atom. The second-order valence-corrected chi connectivity index (χ2v) is 5.43. The Labute approximate surface area is 87.1 Å². The van der Waals surface area contributed by atoms with E-state index in [2.05, 4.69) is 4.98 Å². The average Bonchev–Trinajstić information content (AvgIpc) is 1.92. The van der Waals surface area contributed by atoms with Crippen molar-refractivity contribution in [3.05, 3.63) is 15.8 Å². The molecule has 0 atom stereocenters. The number of rotatable bonds is 1. The number of hydrogen-bond acceptors (Lipinski definition) is 4. The Kier molecular flexibility index (Phi) is 2.79. The van der Waals surface area contributed by atoms with Crippen LogP contribution in [0.1, 0.15) is 0 Å². The van der Waals surface area contributed by atoms with Crippen molar-refractivity contribution in [2.24, 2.45) is 0 Å². The minimum absolute atomic E-state index is 0.0698. The summed E-state index contributed by atoms with van der Waals surface area (Å²) in [6.45, 7) is 0. The summed E-state index contributed by atoms with van der Waals surface area (Å²) in [5, 5.41) is 8.74. The highest BCUT2D eigenvalue weighted by molar-refractivity contribution is 14.1. The highest BCUT2D eigenvalue weighted by Crippen LogP contribution is 2.20. The molecule has 1 aromatic heterocycles. The fourth-order valence-electron chi connectivity index (χ4n) is 0.546. The Hall–Kier alpha value is -0.0800. The van der Waals surface area contributed by atoms with Gasteiger partial charge in [0.1, 0.15) is 9.45 Å². The van der Waals surface area contributed by atoms with Crippen molar-refractivity contribution in [3.8, 4) is 5.75 Å². The van der Waals surface area contributed by atoms with Gasteiger partial charge in [0.25, 0.3) is 9.05 Å². The number of halogens is 2. The second kappa shape index (κ2) is 3.35. The van der Waals surface area contributed by atoms with Gasteiger partial charge in [-0.15, -0.1) is 0 Å². The molecule has 0 unspecified atom stereocenters. The third-order valence-electron chi connectivity index (χ3n) is 1.05. The van der Waals surface area contributed by atoms with Crippen LogP contribution >= 0.6 is 33.3 Å². The molecule has 0 aliphatic heterocycles. The van der Waals surface area contributed by atoms with Crippen LogP contribution in [-0.2, 0) is 9.05 Å². The van der Waals surface area contributed by atoms with Gasteiger partial charge in [-0.05, 0) is 34.7 Å². The van der Waals surface area contributed by atoms with Gasteiger partial charge in [0.2, 0.25) is 0 Å². The van der Waals surface area contributed by atoms with Gasteiger partial charge >= 0.3 is 0 Å². The topological polar surface area (TPSA) is 67.3 Å². The molecule has 0 spiro atoms. The van der Waals surface area contributed by atoms with E-state index in [1.807, 2.05) is 0 Å². The van der Waals surface area contributed by atoms with Gasteiger partial charge in [-0.1, -0.05) is 0 Å². The van der Waals surface area contributed by atoms with Gasteiger partial charge in [0.05, 0.1) is 0 Å². The van der Waals surface area contributed by atoms with E-state index in [1.165, 1.54) is 6.07 Å². The van der Waals surface area contributed by atoms with Crippen LogP contribution in [-0.4, -0.2) is 18.5 Å². The van der Waals surface area contributed by atoms with E-state index in [-0.39, 0.29) is 14.5 Å². The standard InChI is InChI=1S/C5H3ClINO3S/c6-12(10,11)4-2-1-3(9)5(7)8-4/h1-2,9H.